The molecule has 0 radical (unpaired) electrons. The Hall–Kier alpha value is -1.35. The molecule has 2 N–H and O–H groups in total. The van der Waals surface area contributed by atoms with Gasteiger partial charge in [-0.25, -0.2) is 0 Å². The third-order valence-corrected chi connectivity index (χ3v) is 4.20. The van der Waals surface area contributed by atoms with Crippen LogP contribution in [0.4, 0.5) is 0 Å². The first-order valence-electron chi connectivity index (χ1n) is 6.37. The van der Waals surface area contributed by atoms with Crippen LogP contribution in [0.15, 0.2) is 30.3 Å². The minimum absolute atomic E-state index is 0.209. The van der Waals surface area contributed by atoms with Gasteiger partial charge in [-0.1, -0.05) is 30.3 Å². The molecule has 0 unspecified atom stereocenters. The molecule has 0 aliphatic carbocycles. The standard InChI is InChI=1S/C14H18N2O/c17-13-14(7-4-8-15-10-14)12(9-16-13)11-5-2-1-3-6-11/h1-3,5-6,12,15H,4,7-10H2,(H,16,17)/t12-,14+/m1/s1. The lowest BCUT2D eigenvalue weighted by molar-refractivity contribution is -0.129. The van der Waals surface area contributed by atoms with Gasteiger partial charge in [0.1, 0.15) is 0 Å². The second-order valence-electron chi connectivity index (χ2n) is 5.11. The summed E-state index contributed by atoms with van der Waals surface area (Å²) in [5.41, 5.74) is 1.08. The van der Waals surface area contributed by atoms with Crippen LogP contribution in [-0.4, -0.2) is 25.5 Å². The second kappa shape index (κ2) is 4.15. The Balaban J connectivity index is 1.96. The van der Waals surface area contributed by atoms with E-state index in [-0.39, 0.29) is 11.3 Å². The van der Waals surface area contributed by atoms with Crippen LogP contribution < -0.4 is 10.6 Å². The van der Waals surface area contributed by atoms with Gasteiger partial charge < -0.3 is 10.6 Å². The monoisotopic (exact) mass is 230 g/mol. The van der Waals surface area contributed by atoms with Crippen molar-refractivity contribution in [1.82, 2.24) is 10.6 Å². The number of carbonyl (C=O) groups excluding carboxylic acids is 1. The summed E-state index contributed by atoms with van der Waals surface area (Å²) in [5, 5.41) is 6.44. The molecule has 2 saturated heterocycles. The van der Waals surface area contributed by atoms with Gasteiger partial charge in [-0.15, -0.1) is 0 Å². The van der Waals surface area contributed by atoms with Crippen LogP contribution in [0.3, 0.4) is 0 Å². The average Bonchev–Trinajstić information content (AvgIpc) is 2.69. The lowest BCUT2D eigenvalue weighted by atomic mass is 9.69. The average molecular weight is 230 g/mol. The summed E-state index contributed by atoms with van der Waals surface area (Å²) in [6.45, 7) is 2.64. The minimum Gasteiger partial charge on any atom is -0.355 e. The van der Waals surface area contributed by atoms with E-state index >= 15 is 0 Å². The van der Waals surface area contributed by atoms with Gasteiger partial charge in [0, 0.05) is 19.0 Å². The number of rotatable bonds is 1. The highest BCUT2D eigenvalue weighted by Gasteiger charge is 2.50. The summed E-state index contributed by atoms with van der Waals surface area (Å²) < 4.78 is 0. The fourth-order valence-electron chi connectivity index (χ4n) is 3.27. The van der Waals surface area contributed by atoms with Crippen molar-refractivity contribution in [2.75, 3.05) is 19.6 Å². The van der Waals surface area contributed by atoms with Crippen LogP contribution in [0.1, 0.15) is 24.3 Å². The van der Waals surface area contributed by atoms with Crippen molar-refractivity contribution in [3.63, 3.8) is 0 Å². The van der Waals surface area contributed by atoms with Crippen LogP contribution in [0.2, 0.25) is 0 Å². The zero-order valence-corrected chi connectivity index (χ0v) is 9.91. The van der Waals surface area contributed by atoms with Gasteiger partial charge in [0.05, 0.1) is 5.41 Å². The Morgan fingerprint density at radius 1 is 1.24 bits per heavy atom. The van der Waals surface area contributed by atoms with Gasteiger partial charge in [-0.3, -0.25) is 4.79 Å². The van der Waals surface area contributed by atoms with Gasteiger partial charge in [0.25, 0.3) is 0 Å². The molecule has 1 spiro atoms. The van der Waals surface area contributed by atoms with Crippen molar-refractivity contribution in [3.05, 3.63) is 35.9 Å². The quantitative estimate of drug-likeness (QED) is 0.763. The summed E-state index contributed by atoms with van der Waals surface area (Å²) in [6, 6.07) is 10.4. The Morgan fingerprint density at radius 2 is 2.06 bits per heavy atom. The van der Waals surface area contributed by atoms with E-state index in [1.807, 2.05) is 6.07 Å². The first-order chi connectivity index (χ1) is 8.33. The molecule has 0 aromatic heterocycles. The van der Waals surface area contributed by atoms with Crippen LogP contribution in [0.5, 0.6) is 0 Å². The first kappa shape index (κ1) is 10.8. The Labute approximate surface area is 102 Å². The number of amides is 1. The summed E-state index contributed by atoms with van der Waals surface area (Å²) in [4.78, 5) is 12.2. The molecule has 2 fully saturated rings. The van der Waals surface area contributed by atoms with Crippen molar-refractivity contribution in [2.24, 2.45) is 5.41 Å². The smallest absolute Gasteiger partial charge is 0.228 e. The van der Waals surface area contributed by atoms with Crippen LogP contribution in [-0.2, 0) is 4.79 Å². The Morgan fingerprint density at radius 3 is 2.76 bits per heavy atom. The molecule has 3 rings (SSSR count). The SMILES string of the molecule is O=C1NC[C@H](c2ccccc2)[C@@]12CCCNC2. The molecule has 90 valence electrons. The molecule has 1 amide bonds. The van der Waals surface area contributed by atoms with Crippen LogP contribution >= 0.6 is 0 Å². The van der Waals surface area contributed by atoms with Crippen molar-refractivity contribution >= 4 is 5.91 Å². The molecule has 0 saturated carbocycles. The zero-order valence-electron chi connectivity index (χ0n) is 9.91. The number of benzene rings is 1. The summed E-state index contributed by atoms with van der Waals surface area (Å²) >= 11 is 0. The third kappa shape index (κ3) is 1.65. The van der Waals surface area contributed by atoms with E-state index in [2.05, 4.69) is 34.9 Å². The lowest BCUT2D eigenvalue weighted by Crippen LogP contribution is -2.47. The summed E-state index contributed by atoms with van der Waals surface area (Å²) in [6.07, 6.45) is 2.10. The van der Waals surface area contributed by atoms with Crippen molar-refractivity contribution in [3.8, 4) is 0 Å². The van der Waals surface area contributed by atoms with E-state index in [0.29, 0.717) is 5.92 Å². The Bertz CT molecular complexity index is 409. The van der Waals surface area contributed by atoms with Crippen molar-refractivity contribution < 1.29 is 4.79 Å². The first-order valence-corrected chi connectivity index (χ1v) is 6.37. The summed E-state index contributed by atoms with van der Waals surface area (Å²) in [7, 11) is 0. The highest BCUT2D eigenvalue weighted by molar-refractivity contribution is 5.87. The maximum atomic E-state index is 12.2. The number of carbonyl (C=O) groups is 1. The van der Waals surface area contributed by atoms with Gasteiger partial charge in [0.15, 0.2) is 0 Å². The molecule has 0 bridgehead atoms. The number of hydrogen-bond acceptors (Lipinski definition) is 2. The highest BCUT2D eigenvalue weighted by atomic mass is 16.2. The van der Waals surface area contributed by atoms with Crippen molar-refractivity contribution in [2.45, 2.75) is 18.8 Å². The fraction of sp³-hybridized carbons (Fsp3) is 0.500. The highest BCUT2D eigenvalue weighted by Crippen LogP contribution is 2.44. The Kier molecular flexibility index (Phi) is 2.63. The fourth-order valence-corrected chi connectivity index (χ4v) is 3.27. The molecule has 1 aromatic carbocycles. The number of piperidine rings is 1. The van der Waals surface area contributed by atoms with E-state index in [1.54, 1.807) is 0 Å². The van der Waals surface area contributed by atoms with Gasteiger partial charge in [-0.2, -0.15) is 0 Å². The van der Waals surface area contributed by atoms with E-state index in [1.165, 1.54) is 5.56 Å². The minimum atomic E-state index is -0.209. The van der Waals surface area contributed by atoms with E-state index in [9.17, 15) is 4.79 Å². The molecular formula is C14H18N2O. The van der Waals surface area contributed by atoms with E-state index in [0.717, 1.165) is 32.5 Å². The molecule has 1 aromatic rings. The molecule has 2 heterocycles. The molecule has 2 atom stereocenters. The van der Waals surface area contributed by atoms with E-state index in [4.69, 9.17) is 0 Å². The van der Waals surface area contributed by atoms with Crippen LogP contribution in [0, 0.1) is 5.41 Å². The third-order valence-electron chi connectivity index (χ3n) is 4.20. The lowest BCUT2D eigenvalue weighted by Gasteiger charge is -2.36. The molecular weight excluding hydrogens is 212 g/mol. The largest absolute Gasteiger partial charge is 0.355 e. The maximum absolute atomic E-state index is 12.2. The zero-order chi connectivity index (χ0) is 11.7. The van der Waals surface area contributed by atoms with Gasteiger partial charge in [0.2, 0.25) is 5.91 Å². The van der Waals surface area contributed by atoms with Crippen LogP contribution in [0.25, 0.3) is 0 Å². The molecule has 3 nitrogen and oxygen atoms in total. The van der Waals surface area contributed by atoms with Gasteiger partial charge >= 0.3 is 0 Å². The normalized spacial score (nSPS) is 32.7. The van der Waals surface area contributed by atoms with E-state index < -0.39 is 0 Å². The molecule has 3 heteroatoms. The predicted octanol–water partition coefficient (Wildman–Crippen LogP) is 1.27. The van der Waals surface area contributed by atoms with Gasteiger partial charge in [-0.05, 0) is 24.9 Å². The molecule has 2 aliphatic rings. The van der Waals surface area contributed by atoms with Crippen molar-refractivity contribution in [1.29, 1.82) is 0 Å². The molecule has 17 heavy (non-hydrogen) atoms. The number of nitrogens with one attached hydrogen (secondary N) is 2. The molecule has 2 aliphatic heterocycles. The predicted molar refractivity (Wildman–Crippen MR) is 66.7 cm³/mol. The topological polar surface area (TPSA) is 41.1 Å². The summed E-state index contributed by atoms with van der Waals surface area (Å²) in [5.74, 6) is 0.558. The number of hydrogen-bond donors (Lipinski definition) is 2. The second-order valence-corrected chi connectivity index (χ2v) is 5.11. The maximum Gasteiger partial charge on any atom is 0.228 e.